The molecule has 0 amide bonds. The minimum absolute atomic E-state index is 0.0360. The zero-order chi connectivity index (χ0) is 22.7. The minimum atomic E-state index is -0.0763. The van der Waals surface area contributed by atoms with Crippen LogP contribution in [0.5, 0.6) is 0 Å². The molecule has 0 spiro atoms. The van der Waals surface area contributed by atoms with E-state index in [2.05, 4.69) is 27.7 Å². The van der Waals surface area contributed by atoms with Crippen LogP contribution in [0.4, 0.5) is 0 Å². The maximum absolute atomic E-state index is 11.1. The normalized spacial score (nSPS) is 49.7. The smallest absolute Gasteiger partial charge is 0.0545 e. The molecule has 0 aliphatic heterocycles. The average molecular weight is 445 g/mol. The number of hydrogen-bond acceptors (Lipinski definition) is 2. The van der Waals surface area contributed by atoms with Crippen LogP contribution in [0, 0.1) is 51.8 Å². The van der Waals surface area contributed by atoms with Crippen LogP contribution in [0.25, 0.3) is 0 Å². The number of fused-ring (bicyclic) bond motifs is 5. The Bertz CT molecular complexity index is 662. The van der Waals surface area contributed by atoms with Crippen molar-refractivity contribution in [1.82, 2.24) is 0 Å². The summed E-state index contributed by atoms with van der Waals surface area (Å²) in [6.07, 6.45) is 19.0. The fourth-order valence-corrected chi connectivity index (χ4v) is 10.2. The van der Waals surface area contributed by atoms with E-state index in [9.17, 15) is 10.2 Å². The van der Waals surface area contributed by atoms with E-state index in [0.29, 0.717) is 16.2 Å². The van der Waals surface area contributed by atoms with Gasteiger partial charge in [0.05, 0.1) is 12.2 Å². The highest BCUT2D eigenvalue weighted by atomic mass is 16.3. The molecule has 9 unspecified atom stereocenters. The van der Waals surface area contributed by atoms with Gasteiger partial charge in [-0.3, -0.25) is 0 Å². The summed E-state index contributed by atoms with van der Waals surface area (Å²) in [5, 5.41) is 21.4. The van der Waals surface area contributed by atoms with Crippen molar-refractivity contribution >= 4 is 0 Å². The van der Waals surface area contributed by atoms with Gasteiger partial charge in [-0.15, -0.1) is 0 Å². The van der Waals surface area contributed by atoms with Crippen molar-refractivity contribution in [2.24, 2.45) is 51.8 Å². The minimum Gasteiger partial charge on any atom is -0.393 e. The van der Waals surface area contributed by atoms with Crippen molar-refractivity contribution in [3.8, 4) is 0 Å². The van der Waals surface area contributed by atoms with Gasteiger partial charge in [0.2, 0.25) is 0 Å². The second kappa shape index (κ2) is 8.54. The zero-order valence-electron chi connectivity index (χ0n) is 21.6. The summed E-state index contributed by atoms with van der Waals surface area (Å²) in [5.74, 6) is 4.95. The van der Waals surface area contributed by atoms with Gasteiger partial charge in [0.15, 0.2) is 0 Å². The lowest BCUT2D eigenvalue weighted by Crippen LogP contribution is -2.54. The van der Waals surface area contributed by atoms with Gasteiger partial charge in [-0.1, -0.05) is 27.7 Å². The van der Waals surface area contributed by atoms with E-state index < -0.39 is 0 Å². The maximum Gasteiger partial charge on any atom is 0.0545 e. The summed E-state index contributed by atoms with van der Waals surface area (Å²) in [6, 6.07) is 0. The van der Waals surface area contributed by atoms with Gasteiger partial charge in [-0.05, 0) is 148 Å². The van der Waals surface area contributed by atoms with E-state index in [1.54, 1.807) is 0 Å². The van der Waals surface area contributed by atoms with Gasteiger partial charge in [-0.25, -0.2) is 0 Å². The third-order valence-electron chi connectivity index (χ3n) is 12.5. The Balaban J connectivity index is 1.21. The lowest BCUT2D eigenvalue weighted by molar-refractivity contribution is -0.128. The lowest BCUT2D eigenvalue weighted by Gasteiger charge is -2.61. The summed E-state index contributed by atoms with van der Waals surface area (Å²) in [6.45, 7) is 10.1. The molecule has 5 aliphatic carbocycles. The number of aliphatic hydroxyl groups is 2. The molecular weight excluding hydrogens is 392 g/mol. The monoisotopic (exact) mass is 444 g/mol. The van der Waals surface area contributed by atoms with Crippen molar-refractivity contribution in [3.05, 3.63) is 0 Å². The van der Waals surface area contributed by atoms with Gasteiger partial charge in [0.1, 0.15) is 0 Å². The molecular formula is C30H52O2. The van der Waals surface area contributed by atoms with E-state index in [1.807, 2.05) is 0 Å². The second-order valence-corrected chi connectivity index (χ2v) is 14.6. The highest BCUT2D eigenvalue weighted by Crippen LogP contribution is 2.68. The topological polar surface area (TPSA) is 40.5 Å². The van der Waals surface area contributed by atoms with Gasteiger partial charge < -0.3 is 10.2 Å². The van der Waals surface area contributed by atoms with Crippen LogP contribution < -0.4 is 0 Å². The van der Waals surface area contributed by atoms with Crippen molar-refractivity contribution in [3.63, 3.8) is 0 Å². The van der Waals surface area contributed by atoms with Crippen LogP contribution >= 0.6 is 0 Å². The second-order valence-electron chi connectivity index (χ2n) is 14.6. The predicted molar refractivity (Wildman–Crippen MR) is 132 cm³/mol. The molecule has 2 N–H and O–H groups in total. The van der Waals surface area contributed by atoms with Gasteiger partial charge >= 0.3 is 0 Å². The third kappa shape index (κ3) is 4.12. The molecule has 0 aromatic rings. The largest absolute Gasteiger partial charge is 0.393 e. The van der Waals surface area contributed by atoms with E-state index in [0.717, 1.165) is 61.2 Å². The van der Waals surface area contributed by atoms with Gasteiger partial charge in [0.25, 0.3) is 0 Å². The first kappa shape index (κ1) is 23.7. The Morgan fingerprint density at radius 1 is 0.719 bits per heavy atom. The highest BCUT2D eigenvalue weighted by Gasteiger charge is 2.60. The van der Waals surface area contributed by atoms with Crippen LogP contribution in [-0.4, -0.2) is 22.4 Å². The van der Waals surface area contributed by atoms with E-state index in [1.165, 1.54) is 70.6 Å². The molecule has 2 heteroatoms. The Labute approximate surface area is 198 Å². The molecule has 32 heavy (non-hydrogen) atoms. The van der Waals surface area contributed by atoms with Crippen LogP contribution in [0.2, 0.25) is 0 Å². The first-order valence-electron chi connectivity index (χ1n) is 14.5. The quantitative estimate of drug-likeness (QED) is 0.475. The van der Waals surface area contributed by atoms with Crippen molar-refractivity contribution < 1.29 is 10.2 Å². The highest BCUT2D eigenvalue weighted by molar-refractivity contribution is 5.09. The Hall–Kier alpha value is -0.0800. The summed E-state index contributed by atoms with van der Waals surface area (Å²) >= 11 is 0. The first-order valence-corrected chi connectivity index (χ1v) is 14.5. The molecule has 0 aromatic carbocycles. The van der Waals surface area contributed by atoms with Crippen molar-refractivity contribution in [2.45, 2.75) is 136 Å². The van der Waals surface area contributed by atoms with E-state index in [4.69, 9.17) is 0 Å². The lowest BCUT2D eigenvalue weighted by atomic mass is 9.44. The molecule has 2 nitrogen and oxygen atoms in total. The summed E-state index contributed by atoms with van der Waals surface area (Å²) in [7, 11) is 0. The third-order valence-corrected chi connectivity index (χ3v) is 12.5. The molecule has 5 rings (SSSR count). The molecule has 184 valence electrons. The summed E-state index contributed by atoms with van der Waals surface area (Å²) in [5.41, 5.74) is 1.47. The molecule has 0 aromatic heterocycles. The Morgan fingerprint density at radius 3 is 2.16 bits per heavy atom. The molecule has 0 radical (unpaired) electrons. The SMILES string of the molecule is CC1(C)CCC(CC(O)CC2CCC3C4CCC5CC(O)CCC5(C)C4CCC23C)CC1. The maximum atomic E-state index is 11.1. The zero-order valence-corrected chi connectivity index (χ0v) is 21.6. The molecule has 5 saturated carbocycles. The molecule has 5 aliphatic rings. The van der Waals surface area contributed by atoms with E-state index in [-0.39, 0.29) is 12.2 Å². The molecule has 0 saturated heterocycles. The fourth-order valence-electron chi connectivity index (χ4n) is 10.2. The number of aliphatic hydroxyl groups excluding tert-OH is 2. The number of rotatable bonds is 4. The van der Waals surface area contributed by atoms with Gasteiger partial charge in [-0.2, -0.15) is 0 Å². The van der Waals surface area contributed by atoms with Crippen LogP contribution in [0.1, 0.15) is 124 Å². The van der Waals surface area contributed by atoms with Crippen LogP contribution in [0.15, 0.2) is 0 Å². The molecule has 0 bridgehead atoms. The summed E-state index contributed by atoms with van der Waals surface area (Å²) in [4.78, 5) is 0. The number of hydrogen-bond donors (Lipinski definition) is 2. The predicted octanol–water partition coefficient (Wildman–Crippen LogP) is 7.36. The first-order chi connectivity index (χ1) is 15.1. The Morgan fingerprint density at radius 2 is 1.41 bits per heavy atom. The van der Waals surface area contributed by atoms with Crippen LogP contribution in [0.3, 0.4) is 0 Å². The van der Waals surface area contributed by atoms with Crippen molar-refractivity contribution in [2.75, 3.05) is 0 Å². The van der Waals surface area contributed by atoms with Gasteiger partial charge in [0, 0.05) is 0 Å². The van der Waals surface area contributed by atoms with Crippen LogP contribution in [-0.2, 0) is 0 Å². The van der Waals surface area contributed by atoms with E-state index >= 15 is 0 Å². The molecule has 0 heterocycles. The fraction of sp³-hybridized carbons (Fsp3) is 1.00. The molecule has 9 atom stereocenters. The van der Waals surface area contributed by atoms with Crippen molar-refractivity contribution in [1.29, 1.82) is 0 Å². The Kier molecular flexibility index (Phi) is 6.31. The standard InChI is InChI=1S/C30H52O2/c1-28(2)13-9-20(10-14-28)17-24(32)19-22-6-8-26-25-7-5-21-18-23(31)11-15-29(21,3)27(25)12-16-30(22,26)4/h20-27,31-32H,5-19H2,1-4H3. The molecule has 5 fully saturated rings. The average Bonchev–Trinajstić information content (AvgIpc) is 3.06. The summed E-state index contributed by atoms with van der Waals surface area (Å²) < 4.78 is 0.